The number of pyridine rings is 1. The van der Waals surface area contributed by atoms with Gasteiger partial charge >= 0.3 is 0 Å². The molecule has 0 radical (unpaired) electrons. The zero-order valence-electron chi connectivity index (χ0n) is 6.07. The number of rotatable bonds is 1. The van der Waals surface area contributed by atoms with Crippen LogP contribution >= 0.6 is 12.4 Å². The first kappa shape index (κ1) is 9.91. The van der Waals surface area contributed by atoms with Crippen molar-refractivity contribution in [2.24, 2.45) is 0 Å². The largest absolute Gasteiger partial charge is 0.384 e. The lowest BCUT2D eigenvalue weighted by Gasteiger charge is -1.93. The van der Waals surface area contributed by atoms with Gasteiger partial charge in [0.05, 0.1) is 0 Å². The standard InChI is InChI=1S/C7H8N2O.ClH/c1-5(10)6-3-2-4-7(8)9-6;/h2-4H,1H3,(H2,8,9);1H. The minimum Gasteiger partial charge on any atom is -0.384 e. The number of halogens is 1. The van der Waals surface area contributed by atoms with Gasteiger partial charge in [-0.2, -0.15) is 0 Å². The normalized spacial score (nSPS) is 8.45. The molecule has 0 unspecified atom stereocenters. The van der Waals surface area contributed by atoms with Crippen molar-refractivity contribution >= 4 is 24.0 Å². The van der Waals surface area contributed by atoms with E-state index >= 15 is 0 Å². The summed E-state index contributed by atoms with van der Waals surface area (Å²) >= 11 is 0. The van der Waals surface area contributed by atoms with Crippen molar-refractivity contribution in [1.29, 1.82) is 0 Å². The molecular formula is C7H9ClN2O. The number of hydrogen-bond donors (Lipinski definition) is 1. The van der Waals surface area contributed by atoms with Crippen LogP contribution in [0, 0.1) is 0 Å². The van der Waals surface area contributed by atoms with Gasteiger partial charge in [0.25, 0.3) is 0 Å². The van der Waals surface area contributed by atoms with Gasteiger partial charge in [-0.3, -0.25) is 4.79 Å². The summed E-state index contributed by atoms with van der Waals surface area (Å²) in [6, 6.07) is 4.99. The Morgan fingerprint density at radius 2 is 2.18 bits per heavy atom. The van der Waals surface area contributed by atoms with E-state index in [0.29, 0.717) is 11.5 Å². The molecule has 2 N–H and O–H groups in total. The molecule has 4 heteroatoms. The molecule has 1 aromatic heterocycles. The number of Topliss-reactive ketones (excluding diaryl/α,β-unsaturated/α-hetero) is 1. The number of carbonyl (C=O) groups is 1. The number of carbonyl (C=O) groups excluding carboxylic acids is 1. The molecule has 0 aliphatic heterocycles. The molecule has 0 bridgehead atoms. The summed E-state index contributed by atoms with van der Waals surface area (Å²) in [5.74, 6) is 0.319. The average Bonchev–Trinajstić information content (AvgIpc) is 1.88. The molecule has 0 saturated heterocycles. The van der Waals surface area contributed by atoms with Gasteiger partial charge in [-0.15, -0.1) is 12.4 Å². The van der Waals surface area contributed by atoms with Crippen molar-refractivity contribution in [3.8, 4) is 0 Å². The second-order valence-corrected chi connectivity index (χ2v) is 2.00. The fourth-order valence-corrected chi connectivity index (χ4v) is 0.648. The van der Waals surface area contributed by atoms with E-state index in [1.807, 2.05) is 0 Å². The van der Waals surface area contributed by atoms with Crippen LogP contribution in [0.15, 0.2) is 18.2 Å². The molecule has 1 aromatic rings. The van der Waals surface area contributed by atoms with Crippen LogP contribution in [0.1, 0.15) is 17.4 Å². The van der Waals surface area contributed by atoms with E-state index in [2.05, 4.69) is 4.98 Å². The first-order valence-electron chi connectivity index (χ1n) is 2.93. The number of nitrogen functional groups attached to an aromatic ring is 1. The Morgan fingerprint density at radius 3 is 2.55 bits per heavy atom. The molecule has 0 saturated carbocycles. The number of anilines is 1. The van der Waals surface area contributed by atoms with Crippen molar-refractivity contribution in [1.82, 2.24) is 4.98 Å². The van der Waals surface area contributed by atoms with Crippen LogP contribution in [0.25, 0.3) is 0 Å². The SMILES string of the molecule is CC(=O)c1cccc(N)n1.Cl. The zero-order valence-corrected chi connectivity index (χ0v) is 6.89. The minimum atomic E-state index is -0.0627. The highest BCUT2D eigenvalue weighted by atomic mass is 35.5. The summed E-state index contributed by atoms with van der Waals surface area (Å²) in [4.78, 5) is 14.5. The van der Waals surface area contributed by atoms with Crippen LogP contribution in [-0.2, 0) is 0 Å². The zero-order chi connectivity index (χ0) is 7.56. The third-order valence-corrected chi connectivity index (χ3v) is 1.13. The van der Waals surface area contributed by atoms with Crippen LogP contribution in [0.3, 0.4) is 0 Å². The van der Waals surface area contributed by atoms with E-state index in [-0.39, 0.29) is 18.2 Å². The first-order chi connectivity index (χ1) is 4.70. The van der Waals surface area contributed by atoms with Crippen LogP contribution in [0.5, 0.6) is 0 Å². The molecule has 0 aliphatic carbocycles. The number of nitrogens with zero attached hydrogens (tertiary/aromatic N) is 1. The Hall–Kier alpha value is -1.09. The van der Waals surface area contributed by atoms with Crippen molar-refractivity contribution in [2.75, 3.05) is 5.73 Å². The Morgan fingerprint density at radius 1 is 1.55 bits per heavy atom. The van der Waals surface area contributed by atoms with Gasteiger partial charge in [-0.25, -0.2) is 4.98 Å². The average molecular weight is 173 g/mol. The maximum atomic E-state index is 10.7. The fraction of sp³-hybridized carbons (Fsp3) is 0.143. The summed E-state index contributed by atoms with van der Waals surface area (Å²) in [6.45, 7) is 1.46. The van der Waals surface area contributed by atoms with Gasteiger partial charge in [0.15, 0.2) is 5.78 Å². The van der Waals surface area contributed by atoms with Crippen molar-refractivity contribution < 1.29 is 4.79 Å². The molecule has 1 rings (SSSR count). The molecule has 0 amide bonds. The molecule has 11 heavy (non-hydrogen) atoms. The molecule has 0 atom stereocenters. The lowest BCUT2D eigenvalue weighted by Crippen LogP contribution is -1.98. The topological polar surface area (TPSA) is 56.0 Å². The summed E-state index contributed by atoms with van der Waals surface area (Å²) in [7, 11) is 0. The molecule has 1 heterocycles. The second-order valence-electron chi connectivity index (χ2n) is 2.00. The van der Waals surface area contributed by atoms with E-state index in [1.54, 1.807) is 18.2 Å². The maximum Gasteiger partial charge on any atom is 0.178 e. The van der Waals surface area contributed by atoms with E-state index < -0.39 is 0 Å². The summed E-state index contributed by atoms with van der Waals surface area (Å²) in [6.07, 6.45) is 0. The Kier molecular flexibility index (Phi) is 3.54. The van der Waals surface area contributed by atoms with E-state index in [9.17, 15) is 4.79 Å². The van der Waals surface area contributed by atoms with E-state index in [1.165, 1.54) is 6.92 Å². The summed E-state index contributed by atoms with van der Waals surface area (Å²) in [5.41, 5.74) is 5.75. The molecule has 0 fully saturated rings. The monoisotopic (exact) mass is 172 g/mol. The number of hydrogen-bond acceptors (Lipinski definition) is 3. The van der Waals surface area contributed by atoms with Crippen molar-refractivity contribution in [3.05, 3.63) is 23.9 Å². The predicted octanol–water partition coefficient (Wildman–Crippen LogP) is 1.29. The first-order valence-corrected chi connectivity index (χ1v) is 2.93. The summed E-state index contributed by atoms with van der Waals surface area (Å²) < 4.78 is 0. The van der Waals surface area contributed by atoms with Crippen LogP contribution in [0.4, 0.5) is 5.82 Å². The highest BCUT2D eigenvalue weighted by Crippen LogP contribution is 1.99. The van der Waals surface area contributed by atoms with Gasteiger partial charge in [-0.05, 0) is 12.1 Å². The number of nitrogens with two attached hydrogens (primary N) is 1. The third-order valence-electron chi connectivity index (χ3n) is 1.13. The smallest absolute Gasteiger partial charge is 0.178 e. The highest BCUT2D eigenvalue weighted by molar-refractivity contribution is 5.92. The highest BCUT2D eigenvalue weighted by Gasteiger charge is 1.98. The lowest BCUT2D eigenvalue weighted by molar-refractivity contribution is 0.101. The van der Waals surface area contributed by atoms with Gasteiger partial charge in [0.2, 0.25) is 0 Å². The van der Waals surface area contributed by atoms with Crippen molar-refractivity contribution in [3.63, 3.8) is 0 Å². The minimum absolute atomic E-state index is 0. The van der Waals surface area contributed by atoms with Crippen LogP contribution in [-0.4, -0.2) is 10.8 Å². The van der Waals surface area contributed by atoms with E-state index in [0.717, 1.165) is 0 Å². The lowest BCUT2D eigenvalue weighted by atomic mass is 10.3. The molecule has 0 aliphatic rings. The second kappa shape index (κ2) is 3.93. The van der Waals surface area contributed by atoms with Gasteiger partial charge in [0.1, 0.15) is 11.5 Å². The molecule has 60 valence electrons. The predicted molar refractivity (Wildman–Crippen MR) is 45.9 cm³/mol. The third kappa shape index (κ3) is 2.55. The van der Waals surface area contributed by atoms with Crippen LogP contribution in [0.2, 0.25) is 0 Å². The quantitative estimate of drug-likeness (QED) is 0.650. The molecule has 0 spiro atoms. The van der Waals surface area contributed by atoms with Gasteiger partial charge < -0.3 is 5.73 Å². The molecule has 3 nitrogen and oxygen atoms in total. The summed E-state index contributed by atoms with van der Waals surface area (Å²) in [5, 5.41) is 0. The maximum absolute atomic E-state index is 10.7. The fourth-order valence-electron chi connectivity index (χ4n) is 0.648. The Labute approximate surface area is 71.0 Å². The van der Waals surface area contributed by atoms with Crippen LogP contribution < -0.4 is 5.73 Å². The number of ketones is 1. The van der Waals surface area contributed by atoms with Crippen molar-refractivity contribution in [2.45, 2.75) is 6.92 Å². The van der Waals surface area contributed by atoms with Gasteiger partial charge in [0, 0.05) is 6.92 Å². The number of aromatic nitrogens is 1. The van der Waals surface area contributed by atoms with E-state index in [4.69, 9.17) is 5.73 Å². The molecule has 0 aromatic carbocycles. The molecular weight excluding hydrogens is 164 g/mol. The Bertz CT molecular complexity index is 262. The van der Waals surface area contributed by atoms with Gasteiger partial charge in [-0.1, -0.05) is 6.07 Å². The Balaban J connectivity index is 0.000001000.